The molecule has 0 aromatic heterocycles. The Morgan fingerprint density at radius 1 is 0.889 bits per heavy atom. The van der Waals surface area contributed by atoms with Gasteiger partial charge in [0, 0.05) is 24.9 Å². The van der Waals surface area contributed by atoms with Crippen LogP contribution in [0.2, 0.25) is 0 Å². The summed E-state index contributed by atoms with van der Waals surface area (Å²) < 4.78 is 26.1. The van der Waals surface area contributed by atoms with Crippen LogP contribution < -0.4 is 14.9 Å². The lowest BCUT2D eigenvalue weighted by molar-refractivity contribution is 0.102. The lowest BCUT2D eigenvalue weighted by atomic mass is 10.0. The fourth-order valence-electron chi connectivity index (χ4n) is 3.68. The number of anilines is 2. The molecule has 0 saturated heterocycles. The highest BCUT2D eigenvalue weighted by molar-refractivity contribution is 7.89. The van der Waals surface area contributed by atoms with Gasteiger partial charge in [0.15, 0.2) is 0 Å². The monoisotopic (exact) mass is 503 g/mol. The Labute approximate surface area is 209 Å². The lowest BCUT2D eigenvalue weighted by Gasteiger charge is -2.18. The van der Waals surface area contributed by atoms with Crippen molar-refractivity contribution in [2.45, 2.75) is 4.90 Å². The van der Waals surface area contributed by atoms with Gasteiger partial charge in [0.1, 0.15) is 5.75 Å². The molecule has 184 valence electrons. The van der Waals surface area contributed by atoms with Crippen LogP contribution in [0.1, 0.15) is 10.4 Å². The number of hydrogen-bond donors (Lipinski definition) is 3. The lowest BCUT2D eigenvalue weighted by Crippen LogP contribution is -2.18. The van der Waals surface area contributed by atoms with Crippen molar-refractivity contribution in [3.8, 4) is 5.75 Å². The van der Waals surface area contributed by atoms with E-state index in [2.05, 4.69) is 20.3 Å². The third kappa shape index (κ3) is 5.04. The summed E-state index contributed by atoms with van der Waals surface area (Å²) in [7, 11) is 1.52. The second-order valence-corrected chi connectivity index (χ2v) is 9.99. The van der Waals surface area contributed by atoms with Crippen LogP contribution >= 0.6 is 0 Å². The molecule has 0 saturated carbocycles. The first-order valence-corrected chi connectivity index (χ1v) is 12.5. The molecule has 0 spiro atoms. The Bertz CT molecular complexity index is 1570. The van der Waals surface area contributed by atoms with E-state index in [0.29, 0.717) is 27.8 Å². The standard InChI is InChI=1S/C26H25N5O4S/c1-27-36(34,35)18-14-12-17(13-15-18)29-30-23-16-21(25(32)20-9-5-4-8-19(20)23)26(33)28-22-10-6-7-11-24(22)31(2)3/h4-16,27,32H,1-3H3,(H,28,33). The molecule has 0 heterocycles. The number of nitrogens with one attached hydrogen (secondary N) is 2. The largest absolute Gasteiger partial charge is 0.506 e. The van der Waals surface area contributed by atoms with Crippen LogP contribution in [-0.4, -0.2) is 40.6 Å². The zero-order chi connectivity index (χ0) is 25.9. The maximum absolute atomic E-state index is 13.2. The summed E-state index contributed by atoms with van der Waals surface area (Å²) in [6, 6.07) is 21.8. The molecule has 0 aliphatic rings. The summed E-state index contributed by atoms with van der Waals surface area (Å²) in [5, 5.41) is 23.4. The maximum Gasteiger partial charge on any atom is 0.259 e. The number of carbonyl (C=O) groups is 1. The van der Waals surface area contributed by atoms with Crippen LogP contribution in [0.5, 0.6) is 5.75 Å². The van der Waals surface area contributed by atoms with Gasteiger partial charge in [0.05, 0.1) is 33.2 Å². The molecule has 4 rings (SSSR count). The number of azo groups is 1. The van der Waals surface area contributed by atoms with E-state index in [9.17, 15) is 18.3 Å². The van der Waals surface area contributed by atoms with Gasteiger partial charge in [-0.15, -0.1) is 5.11 Å². The van der Waals surface area contributed by atoms with Crippen molar-refractivity contribution < 1.29 is 18.3 Å². The van der Waals surface area contributed by atoms with Crippen molar-refractivity contribution >= 4 is 49.5 Å². The van der Waals surface area contributed by atoms with Crippen molar-refractivity contribution in [1.29, 1.82) is 0 Å². The highest BCUT2D eigenvalue weighted by Gasteiger charge is 2.19. The van der Waals surface area contributed by atoms with E-state index in [4.69, 9.17) is 0 Å². The van der Waals surface area contributed by atoms with Crippen LogP contribution in [0, 0.1) is 0 Å². The number of rotatable bonds is 7. The second-order valence-electron chi connectivity index (χ2n) is 8.10. The molecule has 36 heavy (non-hydrogen) atoms. The second kappa shape index (κ2) is 10.1. The van der Waals surface area contributed by atoms with E-state index >= 15 is 0 Å². The molecule has 4 aromatic rings. The topological polar surface area (TPSA) is 123 Å². The Kier molecular flexibility index (Phi) is 7.00. The highest BCUT2D eigenvalue weighted by atomic mass is 32.2. The zero-order valence-electron chi connectivity index (χ0n) is 19.9. The Balaban J connectivity index is 1.72. The SMILES string of the molecule is CNS(=O)(=O)c1ccc(N=Nc2cc(C(=O)Nc3ccccc3N(C)C)c(O)c3ccccc23)cc1. The molecule has 10 heteroatoms. The number of phenols is 1. The summed E-state index contributed by atoms with van der Waals surface area (Å²) in [6.45, 7) is 0. The molecule has 0 aliphatic heterocycles. The van der Waals surface area contributed by atoms with Gasteiger partial charge in [-0.1, -0.05) is 36.4 Å². The minimum Gasteiger partial charge on any atom is -0.506 e. The Hall–Kier alpha value is -4.28. The van der Waals surface area contributed by atoms with Crippen molar-refractivity contribution in [3.63, 3.8) is 0 Å². The minimum atomic E-state index is -3.56. The van der Waals surface area contributed by atoms with E-state index in [1.165, 1.54) is 37.4 Å². The Morgan fingerprint density at radius 3 is 2.19 bits per heavy atom. The van der Waals surface area contributed by atoms with E-state index in [0.717, 1.165) is 5.69 Å². The number of para-hydroxylation sites is 2. The molecule has 0 unspecified atom stereocenters. The van der Waals surface area contributed by atoms with Gasteiger partial charge in [0.25, 0.3) is 5.91 Å². The predicted octanol–water partition coefficient (Wildman–Crippen LogP) is 5.19. The van der Waals surface area contributed by atoms with E-state index < -0.39 is 15.9 Å². The average Bonchev–Trinajstić information content (AvgIpc) is 2.88. The zero-order valence-corrected chi connectivity index (χ0v) is 20.7. The summed E-state index contributed by atoms with van der Waals surface area (Å²) in [5.41, 5.74) is 2.26. The number of sulfonamides is 1. The van der Waals surface area contributed by atoms with Gasteiger partial charge < -0.3 is 15.3 Å². The molecular formula is C26H25N5O4S. The molecule has 0 radical (unpaired) electrons. The van der Waals surface area contributed by atoms with Gasteiger partial charge in [-0.05, 0) is 49.5 Å². The van der Waals surface area contributed by atoms with Crippen LogP contribution in [0.15, 0.2) is 94.0 Å². The molecule has 1 amide bonds. The number of hydrogen-bond acceptors (Lipinski definition) is 7. The summed E-state index contributed by atoms with van der Waals surface area (Å²) >= 11 is 0. The van der Waals surface area contributed by atoms with Crippen LogP contribution in [-0.2, 0) is 10.0 Å². The van der Waals surface area contributed by atoms with E-state index in [1.54, 1.807) is 30.3 Å². The maximum atomic E-state index is 13.2. The molecule has 3 N–H and O–H groups in total. The number of phenolic OH excluding ortho intramolecular Hbond substituents is 1. The van der Waals surface area contributed by atoms with Crippen molar-refractivity contribution in [2.24, 2.45) is 10.2 Å². The first kappa shape index (κ1) is 24.8. The summed E-state index contributed by atoms with van der Waals surface area (Å²) in [6.07, 6.45) is 0. The first-order valence-electron chi connectivity index (χ1n) is 11.0. The van der Waals surface area contributed by atoms with Crippen LogP contribution in [0.25, 0.3) is 10.8 Å². The molecule has 0 bridgehead atoms. The van der Waals surface area contributed by atoms with Crippen molar-refractivity contribution in [3.05, 3.63) is 84.4 Å². The molecule has 4 aromatic carbocycles. The molecule has 9 nitrogen and oxygen atoms in total. The fourth-order valence-corrected chi connectivity index (χ4v) is 4.41. The number of amides is 1. The predicted molar refractivity (Wildman–Crippen MR) is 141 cm³/mol. The normalized spacial score (nSPS) is 11.6. The minimum absolute atomic E-state index is 0.0478. The van der Waals surface area contributed by atoms with Crippen LogP contribution in [0.3, 0.4) is 0 Å². The average molecular weight is 504 g/mol. The van der Waals surface area contributed by atoms with Gasteiger partial charge in [-0.25, -0.2) is 13.1 Å². The highest BCUT2D eigenvalue weighted by Crippen LogP contribution is 2.37. The number of carbonyl (C=O) groups excluding carboxylic acids is 1. The van der Waals surface area contributed by atoms with Crippen LogP contribution in [0.4, 0.5) is 22.7 Å². The quantitative estimate of drug-likeness (QED) is 0.300. The van der Waals surface area contributed by atoms with Gasteiger partial charge in [0.2, 0.25) is 10.0 Å². The van der Waals surface area contributed by atoms with Gasteiger partial charge >= 0.3 is 0 Å². The number of benzene rings is 4. The van der Waals surface area contributed by atoms with E-state index in [-0.39, 0.29) is 16.2 Å². The first-order chi connectivity index (χ1) is 17.2. The summed E-state index contributed by atoms with van der Waals surface area (Å²) in [4.78, 5) is 15.2. The smallest absolute Gasteiger partial charge is 0.259 e. The number of fused-ring (bicyclic) bond motifs is 1. The van der Waals surface area contributed by atoms with Gasteiger partial charge in [-0.3, -0.25) is 4.79 Å². The Morgan fingerprint density at radius 2 is 1.53 bits per heavy atom. The number of aromatic hydroxyl groups is 1. The van der Waals surface area contributed by atoms with Crippen molar-refractivity contribution in [2.75, 3.05) is 31.4 Å². The molecular weight excluding hydrogens is 478 g/mol. The van der Waals surface area contributed by atoms with E-state index in [1.807, 2.05) is 37.2 Å². The van der Waals surface area contributed by atoms with Crippen molar-refractivity contribution in [1.82, 2.24) is 4.72 Å². The molecule has 0 atom stereocenters. The summed E-state index contributed by atoms with van der Waals surface area (Å²) in [5.74, 6) is -0.656. The molecule has 0 aliphatic carbocycles. The third-order valence-corrected chi connectivity index (χ3v) is 6.99. The third-order valence-electron chi connectivity index (χ3n) is 5.56. The number of nitrogens with zero attached hydrogens (tertiary/aromatic N) is 3. The fraction of sp³-hybridized carbons (Fsp3) is 0.115. The molecule has 0 fully saturated rings. The van der Waals surface area contributed by atoms with Gasteiger partial charge in [-0.2, -0.15) is 5.11 Å².